The van der Waals surface area contributed by atoms with Gasteiger partial charge in [-0.1, -0.05) is 44.2 Å². The Bertz CT molecular complexity index is 2440. The first-order valence-electron chi connectivity index (χ1n) is 23.1. The number of para-hydroxylation sites is 1. The highest BCUT2D eigenvalue weighted by Crippen LogP contribution is 2.68. The van der Waals surface area contributed by atoms with Crippen LogP contribution in [-0.2, 0) is 45.8 Å². The molecule has 2 bridgehead atoms. The summed E-state index contributed by atoms with van der Waals surface area (Å²) in [5.41, 5.74) is -1.69. The van der Waals surface area contributed by atoms with Gasteiger partial charge in [-0.3, -0.25) is 14.5 Å². The van der Waals surface area contributed by atoms with E-state index in [1.165, 1.54) is 21.1 Å². The molecule has 16 heteroatoms. The Morgan fingerprint density at radius 3 is 2.43 bits per heavy atom. The van der Waals surface area contributed by atoms with E-state index in [9.17, 15) is 24.6 Å². The number of benzene rings is 2. The minimum Gasteiger partial charge on any atom is -0.496 e. The third-order valence-electron chi connectivity index (χ3n) is 16.4. The minimum atomic E-state index is -2.33. The summed E-state index contributed by atoms with van der Waals surface area (Å²) in [6.45, 7) is 8.51. The van der Waals surface area contributed by atoms with E-state index in [1.807, 2.05) is 55.3 Å². The molecule has 16 nitrogen and oxygen atoms in total. The lowest BCUT2D eigenvalue weighted by atomic mass is 9.47. The third kappa shape index (κ3) is 6.29. The molecular formula is C49H64N6O10. The molecule has 350 valence electrons. The van der Waals surface area contributed by atoms with Gasteiger partial charge in [0.1, 0.15) is 11.2 Å². The summed E-state index contributed by atoms with van der Waals surface area (Å²) in [7, 11) is 6.11. The van der Waals surface area contributed by atoms with Gasteiger partial charge in [-0.2, -0.15) is 0 Å². The maximum Gasteiger partial charge on any atom is 0.344 e. The number of hydrogen-bond donors (Lipinski definition) is 5. The number of hydrogen-bond acceptors (Lipinski definition) is 13. The molecule has 3 aromatic rings. The lowest BCUT2D eigenvalue weighted by molar-refractivity contribution is -0.228. The number of urea groups is 1. The Labute approximate surface area is 379 Å². The third-order valence-corrected chi connectivity index (χ3v) is 16.4. The molecule has 2 saturated heterocycles. The molecule has 1 saturated carbocycles. The lowest BCUT2D eigenvalue weighted by Crippen LogP contribution is -2.81. The highest BCUT2D eigenvalue weighted by Gasteiger charge is 2.80. The number of aromatic amines is 1. The number of aromatic nitrogens is 1. The lowest BCUT2D eigenvalue weighted by Gasteiger charge is -2.63. The smallest absolute Gasteiger partial charge is 0.344 e. The van der Waals surface area contributed by atoms with Crippen LogP contribution in [0.2, 0.25) is 0 Å². The largest absolute Gasteiger partial charge is 0.496 e. The van der Waals surface area contributed by atoms with E-state index in [2.05, 4.69) is 44.5 Å². The van der Waals surface area contributed by atoms with Crippen LogP contribution in [0.3, 0.4) is 0 Å². The minimum absolute atomic E-state index is 0.122. The van der Waals surface area contributed by atoms with E-state index in [0.717, 1.165) is 33.4 Å². The molecule has 5 N–H and O–H groups in total. The van der Waals surface area contributed by atoms with Gasteiger partial charge in [-0.05, 0) is 74.2 Å². The molecule has 6 aliphatic rings. The first-order valence-corrected chi connectivity index (χ1v) is 23.1. The molecule has 10 atom stereocenters. The molecule has 1 aliphatic carbocycles. The molecule has 9 rings (SSSR count). The van der Waals surface area contributed by atoms with Gasteiger partial charge >= 0.3 is 23.9 Å². The normalized spacial score (nSPS) is 34.5. The van der Waals surface area contributed by atoms with Crippen LogP contribution in [-0.4, -0.2) is 153 Å². The Balaban J connectivity index is 1.32. The van der Waals surface area contributed by atoms with Gasteiger partial charge < -0.3 is 54.6 Å². The number of fused-ring (bicyclic) bond motifs is 6. The summed E-state index contributed by atoms with van der Waals surface area (Å²) in [6, 6.07) is 10.5. The SMILES string of the molecule is CC[C@]1(NC(=O)NCCO)C[C@H]2CN(CCc3c([nH]c4ccccc34)[C@@](C(=O)OC)(c3cc4c(cc3OC)N(C)[C@H]3[C@@](O)(C(=O)OC)[C@H](OC(C)=O)[C@]5(CC)C=CCN6CC[C@]43[C@@H]65)C2)C1. The Morgan fingerprint density at radius 1 is 0.969 bits per heavy atom. The van der Waals surface area contributed by atoms with Crippen LogP contribution >= 0.6 is 0 Å². The van der Waals surface area contributed by atoms with Crippen LogP contribution in [0.4, 0.5) is 10.5 Å². The number of nitrogens with zero attached hydrogens (tertiary/aromatic N) is 3. The van der Waals surface area contributed by atoms with Crippen molar-refractivity contribution in [1.29, 1.82) is 0 Å². The van der Waals surface area contributed by atoms with E-state index >= 15 is 4.79 Å². The number of likely N-dealkylation sites (N-methyl/N-ethyl adjacent to an activating group) is 1. The highest BCUT2D eigenvalue weighted by molar-refractivity contribution is 5.95. The number of piperidine rings is 1. The maximum atomic E-state index is 15.6. The highest BCUT2D eigenvalue weighted by atomic mass is 16.6. The summed E-state index contributed by atoms with van der Waals surface area (Å²) in [5.74, 6) is -1.71. The zero-order valence-electron chi connectivity index (χ0n) is 38.6. The summed E-state index contributed by atoms with van der Waals surface area (Å²) < 4.78 is 24.1. The number of ether oxygens (including phenoxy) is 4. The molecule has 6 heterocycles. The van der Waals surface area contributed by atoms with Crippen LogP contribution in [0.15, 0.2) is 48.6 Å². The quantitative estimate of drug-likeness (QED) is 0.113. The van der Waals surface area contributed by atoms with Crippen molar-refractivity contribution < 1.29 is 48.3 Å². The van der Waals surface area contributed by atoms with Crippen LogP contribution in [0.1, 0.15) is 75.3 Å². The zero-order valence-corrected chi connectivity index (χ0v) is 38.6. The van der Waals surface area contributed by atoms with Crippen molar-refractivity contribution in [2.45, 2.75) is 99.5 Å². The summed E-state index contributed by atoms with van der Waals surface area (Å²) in [5, 5.41) is 30.0. The number of amides is 2. The average molecular weight is 897 g/mol. The fourth-order valence-electron chi connectivity index (χ4n) is 14.2. The molecular weight excluding hydrogens is 833 g/mol. The van der Waals surface area contributed by atoms with Crippen molar-refractivity contribution in [3.05, 3.63) is 70.9 Å². The first kappa shape index (κ1) is 45.0. The van der Waals surface area contributed by atoms with Crippen molar-refractivity contribution in [3.63, 3.8) is 0 Å². The number of carbonyl (C=O) groups is 4. The van der Waals surface area contributed by atoms with E-state index in [-0.39, 0.29) is 37.6 Å². The van der Waals surface area contributed by atoms with E-state index < -0.39 is 57.4 Å². The molecule has 1 unspecified atom stereocenters. The Morgan fingerprint density at radius 2 is 1.74 bits per heavy atom. The van der Waals surface area contributed by atoms with Gasteiger partial charge in [0.25, 0.3) is 0 Å². The van der Waals surface area contributed by atoms with Gasteiger partial charge in [0.15, 0.2) is 6.10 Å². The Hall–Kier alpha value is -5.16. The number of H-pyrrole nitrogens is 1. The second-order valence-electron chi connectivity index (χ2n) is 19.4. The number of aliphatic hydroxyl groups excluding tert-OH is 1. The van der Waals surface area contributed by atoms with Crippen LogP contribution in [0, 0.1) is 11.3 Å². The van der Waals surface area contributed by atoms with Crippen molar-refractivity contribution in [1.82, 2.24) is 25.4 Å². The number of esters is 3. The van der Waals surface area contributed by atoms with Crippen molar-refractivity contribution in [2.75, 3.05) is 79.2 Å². The number of rotatable bonds is 10. The summed E-state index contributed by atoms with van der Waals surface area (Å²) >= 11 is 0. The summed E-state index contributed by atoms with van der Waals surface area (Å²) in [6.07, 6.45) is 5.86. The van der Waals surface area contributed by atoms with Crippen molar-refractivity contribution in [2.24, 2.45) is 11.3 Å². The van der Waals surface area contributed by atoms with Gasteiger partial charge in [0.05, 0.1) is 39.5 Å². The van der Waals surface area contributed by atoms with Gasteiger partial charge in [-0.25, -0.2) is 9.59 Å². The molecule has 5 aliphatic heterocycles. The zero-order chi connectivity index (χ0) is 46.3. The van der Waals surface area contributed by atoms with Crippen molar-refractivity contribution >= 4 is 40.5 Å². The number of methoxy groups -OCH3 is 3. The standard InChI is InChI=1S/C49H64N6O10/c1-8-45(52-44(60)50-18-22-56)25-30-26-48(42(58)63-6,38-32(15-20-54(27-30)28-45)31-13-10-11-14-35(31)51-38)34-23-33-36(24-37(34)62-5)53(4)40-47(33)17-21-55-19-12-16-46(9-2,39(47)55)41(65-29(3)57)49(40,61)43(59)64-7/h10-14,16,23-24,30,39-41,51,56,61H,8-9,15,17-22,25-28H2,1-7H3,(H2,50,52,60)/t30-,39+,40-,41-,45+,46-,47-,48+,49+/m1/s1. The molecule has 2 amide bonds. The predicted octanol–water partition coefficient (Wildman–Crippen LogP) is 3.29. The Kier molecular flexibility index (Phi) is 11.3. The van der Waals surface area contributed by atoms with E-state index in [0.29, 0.717) is 76.1 Å². The van der Waals surface area contributed by atoms with E-state index in [1.54, 1.807) is 7.11 Å². The number of anilines is 1. The number of carbonyl (C=O) groups excluding carboxylic acids is 4. The maximum absolute atomic E-state index is 15.6. The second kappa shape index (κ2) is 16.3. The molecule has 65 heavy (non-hydrogen) atoms. The van der Waals surface area contributed by atoms with Crippen LogP contribution < -0.4 is 20.3 Å². The van der Waals surface area contributed by atoms with Crippen LogP contribution in [0.25, 0.3) is 10.9 Å². The monoisotopic (exact) mass is 896 g/mol. The molecule has 0 radical (unpaired) electrons. The van der Waals surface area contributed by atoms with E-state index in [4.69, 9.17) is 18.9 Å². The fourth-order valence-corrected chi connectivity index (χ4v) is 14.2. The molecule has 1 aromatic heterocycles. The van der Waals surface area contributed by atoms with Crippen LogP contribution in [0.5, 0.6) is 5.75 Å². The number of aliphatic hydroxyl groups is 2. The van der Waals surface area contributed by atoms with Gasteiger partial charge in [0.2, 0.25) is 5.60 Å². The first-order chi connectivity index (χ1) is 31.2. The molecule has 3 fully saturated rings. The average Bonchev–Trinajstić information content (AvgIpc) is 3.97. The molecule has 1 spiro atoms. The summed E-state index contributed by atoms with van der Waals surface area (Å²) in [4.78, 5) is 67.0. The predicted molar refractivity (Wildman–Crippen MR) is 242 cm³/mol. The second-order valence-corrected chi connectivity index (χ2v) is 19.4. The van der Waals surface area contributed by atoms with Gasteiger partial charge in [-0.15, -0.1) is 0 Å². The number of nitrogens with one attached hydrogen (secondary N) is 3. The van der Waals surface area contributed by atoms with Crippen molar-refractivity contribution in [3.8, 4) is 5.75 Å². The molecule has 2 aromatic carbocycles. The topological polar surface area (TPSA) is 195 Å². The van der Waals surface area contributed by atoms with Gasteiger partial charge in [0, 0.05) is 97.5 Å². The fraction of sp³-hybridized carbons (Fsp3) is 0.592.